The molecule has 128 valence electrons. The van der Waals surface area contributed by atoms with Crippen molar-refractivity contribution >= 4 is 5.91 Å². The van der Waals surface area contributed by atoms with Crippen LogP contribution in [-0.2, 0) is 12.8 Å². The summed E-state index contributed by atoms with van der Waals surface area (Å²) in [4.78, 5) is 20.9. The minimum atomic E-state index is -0.443. The Morgan fingerprint density at radius 1 is 1.24 bits per heavy atom. The van der Waals surface area contributed by atoms with E-state index in [1.807, 2.05) is 6.07 Å². The molecule has 8 heteroatoms. The highest BCUT2D eigenvalue weighted by Gasteiger charge is 2.26. The van der Waals surface area contributed by atoms with Crippen LogP contribution in [0.3, 0.4) is 0 Å². The summed E-state index contributed by atoms with van der Waals surface area (Å²) in [5, 5.41) is 10.7. The van der Waals surface area contributed by atoms with Crippen molar-refractivity contribution in [3.05, 3.63) is 47.4 Å². The minimum absolute atomic E-state index is 0.291. The number of hydrogen-bond acceptors (Lipinski definition) is 7. The van der Waals surface area contributed by atoms with Crippen LogP contribution in [0.25, 0.3) is 11.4 Å². The first kappa shape index (κ1) is 15.5. The van der Waals surface area contributed by atoms with E-state index in [4.69, 9.17) is 9.05 Å². The Bertz CT molecular complexity index is 887. The topological polar surface area (TPSA) is 107 Å². The highest BCUT2D eigenvalue weighted by Crippen LogP contribution is 2.25. The molecule has 3 heterocycles. The Morgan fingerprint density at radius 2 is 2.12 bits per heavy atom. The normalized spacial score (nSPS) is 14.8. The zero-order valence-electron chi connectivity index (χ0n) is 13.7. The van der Waals surface area contributed by atoms with Gasteiger partial charge in [0.25, 0.3) is 5.91 Å². The zero-order valence-corrected chi connectivity index (χ0v) is 13.7. The maximum Gasteiger partial charge on any atom is 0.274 e. The number of nitrogens with one attached hydrogen (secondary N) is 1. The molecule has 4 rings (SSSR count). The number of rotatable bonds is 4. The summed E-state index contributed by atoms with van der Waals surface area (Å²) in [7, 11) is 0. The fraction of sp³-hybridized carbons (Fsp3) is 0.353. The summed E-state index contributed by atoms with van der Waals surface area (Å²) in [6.45, 7) is 1.78. The molecule has 1 N–H and O–H groups in total. The summed E-state index contributed by atoms with van der Waals surface area (Å²) < 4.78 is 10.6. The smallest absolute Gasteiger partial charge is 0.274 e. The van der Waals surface area contributed by atoms with Crippen LogP contribution in [0.5, 0.6) is 0 Å². The SMILES string of the molecule is C[C@H](NC(=O)c1noc2c1CCCC2)c1nc(-c2cccnc2)no1. The molecule has 1 atom stereocenters. The lowest BCUT2D eigenvalue weighted by atomic mass is 9.96. The van der Waals surface area contributed by atoms with Gasteiger partial charge in [0.1, 0.15) is 11.8 Å². The molecule has 0 saturated heterocycles. The van der Waals surface area contributed by atoms with Crippen LogP contribution < -0.4 is 5.32 Å². The fourth-order valence-electron chi connectivity index (χ4n) is 2.91. The van der Waals surface area contributed by atoms with Gasteiger partial charge in [-0.05, 0) is 38.3 Å². The van der Waals surface area contributed by atoms with E-state index in [-0.39, 0.29) is 5.91 Å². The summed E-state index contributed by atoms with van der Waals surface area (Å²) in [6, 6.07) is 3.19. The predicted octanol–water partition coefficient (Wildman–Crippen LogP) is 2.49. The first-order valence-corrected chi connectivity index (χ1v) is 8.24. The second-order valence-corrected chi connectivity index (χ2v) is 6.03. The van der Waals surface area contributed by atoms with Crippen LogP contribution in [0.2, 0.25) is 0 Å². The molecule has 0 aromatic carbocycles. The van der Waals surface area contributed by atoms with Gasteiger partial charge in [-0.1, -0.05) is 10.3 Å². The largest absolute Gasteiger partial charge is 0.360 e. The van der Waals surface area contributed by atoms with Crippen molar-refractivity contribution in [1.82, 2.24) is 25.6 Å². The van der Waals surface area contributed by atoms with Crippen LogP contribution in [-0.4, -0.2) is 26.2 Å². The Hall–Kier alpha value is -3.03. The van der Waals surface area contributed by atoms with Gasteiger partial charge in [-0.2, -0.15) is 4.98 Å². The van der Waals surface area contributed by atoms with Crippen molar-refractivity contribution in [3.8, 4) is 11.4 Å². The number of amides is 1. The van der Waals surface area contributed by atoms with Crippen LogP contribution in [0, 0.1) is 0 Å². The molecule has 0 fully saturated rings. The third-order valence-corrected chi connectivity index (χ3v) is 4.24. The molecule has 0 spiro atoms. The molecule has 0 radical (unpaired) electrons. The van der Waals surface area contributed by atoms with E-state index >= 15 is 0 Å². The number of aryl methyl sites for hydroxylation is 1. The average molecular weight is 339 g/mol. The Kier molecular flexibility index (Phi) is 4.01. The molecular weight excluding hydrogens is 322 g/mol. The number of pyridine rings is 1. The lowest BCUT2D eigenvalue weighted by Gasteiger charge is -2.11. The van der Waals surface area contributed by atoms with Gasteiger partial charge in [-0.15, -0.1) is 0 Å². The molecule has 0 saturated carbocycles. The van der Waals surface area contributed by atoms with Gasteiger partial charge < -0.3 is 14.4 Å². The zero-order chi connectivity index (χ0) is 17.2. The highest BCUT2D eigenvalue weighted by molar-refractivity contribution is 5.94. The van der Waals surface area contributed by atoms with Crippen LogP contribution >= 0.6 is 0 Å². The van der Waals surface area contributed by atoms with E-state index in [1.54, 1.807) is 25.4 Å². The van der Waals surface area contributed by atoms with Gasteiger partial charge in [-0.3, -0.25) is 9.78 Å². The summed E-state index contributed by atoms with van der Waals surface area (Å²) in [5.41, 5.74) is 2.02. The highest BCUT2D eigenvalue weighted by atomic mass is 16.5. The van der Waals surface area contributed by atoms with Crippen molar-refractivity contribution in [2.45, 2.75) is 38.6 Å². The third-order valence-electron chi connectivity index (χ3n) is 4.24. The van der Waals surface area contributed by atoms with Gasteiger partial charge in [-0.25, -0.2) is 0 Å². The average Bonchev–Trinajstić information content (AvgIpc) is 3.30. The van der Waals surface area contributed by atoms with E-state index in [0.717, 1.165) is 42.6 Å². The summed E-state index contributed by atoms with van der Waals surface area (Å²) >= 11 is 0. The van der Waals surface area contributed by atoms with Crippen molar-refractivity contribution in [1.29, 1.82) is 0 Å². The standard InChI is InChI=1S/C17H17N5O3/c1-10(17-20-15(22-25-17)11-5-4-8-18-9-11)19-16(23)14-12-6-2-3-7-13(12)24-21-14/h4-5,8-10H,2-3,6-7H2,1H3,(H,19,23)/t10-/m0/s1. The molecule has 3 aromatic heterocycles. The lowest BCUT2D eigenvalue weighted by molar-refractivity contribution is 0.0922. The van der Waals surface area contributed by atoms with Crippen LogP contribution in [0.4, 0.5) is 0 Å². The molecular formula is C17H17N5O3. The molecule has 8 nitrogen and oxygen atoms in total. The van der Waals surface area contributed by atoms with Gasteiger partial charge in [0, 0.05) is 29.9 Å². The van der Waals surface area contributed by atoms with Gasteiger partial charge in [0.15, 0.2) is 5.69 Å². The molecule has 0 bridgehead atoms. The number of carbonyl (C=O) groups is 1. The molecule has 3 aromatic rings. The first-order chi connectivity index (χ1) is 12.2. The number of nitrogens with zero attached hydrogens (tertiary/aromatic N) is 4. The Labute approximate surface area is 143 Å². The van der Waals surface area contributed by atoms with Gasteiger partial charge in [0.2, 0.25) is 11.7 Å². The van der Waals surface area contributed by atoms with Crippen molar-refractivity contribution in [3.63, 3.8) is 0 Å². The number of aromatic nitrogens is 4. The Balaban J connectivity index is 1.49. The van der Waals surface area contributed by atoms with Crippen molar-refractivity contribution in [2.24, 2.45) is 0 Å². The van der Waals surface area contributed by atoms with Crippen molar-refractivity contribution in [2.75, 3.05) is 0 Å². The minimum Gasteiger partial charge on any atom is -0.360 e. The molecule has 25 heavy (non-hydrogen) atoms. The molecule has 1 aliphatic carbocycles. The second-order valence-electron chi connectivity index (χ2n) is 6.03. The summed E-state index contributed by atoms with van der Waals surface area (Å²) in [6.07, 6.45) is 7.09. The van der Waals surface area contributed by atoms with E-state index in [1.165, 1.54) is 0 Å². The number of hydrogen-bond donors (Lipinski definition) is 1. The maximum atomic E-state index is 12.5. The summed E-state index contributed by atoms with van der Waals surface area (Å²) in [5.74, 6) is 1.29. The van der Waals surface area contributed by atoms with Gasteiger partial charge in [0.05, 0.1) is 0 Å². The second kappa shape index (κ2) is 6.46. The predicted molar refractivity (Wildman–Crippen MR) is 86.6 cm³/mol. The quantitative estimate of drug-likeness (QED) is 0.778. The monoisotopic (exact) mass is 339 g/mol. The van der Waals surface area contributed by atoms with E-state index in [0.29, 0.717) is 17.4 Å². The van der Waals surface area contributed by atoms with Crippen LogP contribution in [0.15, 0.2) is 33.6 Å². The van der Waals surface area contributed by atoms with E-state index in [9.17, 15) is 4.79 Å². The Morgan fingerprint density at radius 3 is 2.96 bits per heavy atom. The van der Waals surface area contributed by atoms with Crippen LogP contribution in [0.1, 0.15) is 53.5 Å². The molecule has 0 aliphatic heterocycles. The molecule has 1 amide bonds. The van der Waals surface area contributed by atoms with E-state index < -0.39 is 6.04 Å². The van der Waals surface area contributed by atoms with E-state index in [2.05, 4.69) is 25.6 Å². The van der Waals surface area contributed by atoms with Crippen molar-refractivity contribution < 1.29 is 13.8 Å². The third kappa shape index (κ3) is 3.02. The lowest BCUT2D eigenvalue weighted by Crippen LogP contribution is -2.28. The number of carbonyl (C=O) groups excluding carboxylic acids is 1. The maximum absolute atomic E-state index is 12.5. The first-order valence-electron chi connectivity index (χ1n) is 8.24. The molecule has 0 unspecified atom stereocenters. The fourth-order valence-corrected chi connectivity index (χ4v) is 2.91. The molecule has 1 aliphatic rings. The number of fused-ring (bicyclic) bond motifs is 1. The van der Waals surface area contributed by atoms with Gasteiger partial charge >= 0.3 is 0 Å².